The number of rotatable bonds is 7. The molecule has 0 spiro atoms. The predicted octanol–water partition coefficient (Wildman–Crippen LogP) is 2.08. The average Bonchev–Trinajstić information content (AvgIpc) is 2.55. The zero-order valence-electron chi connectivity index (χ0n) is 13.8. The highest BCUT2D eigenvalue weighted by atomic mass is 16.1. The number of benzene rings is 1. The van der Waals surface area contributed by atoms with E-state index in [-0.39, 0.29) is 12.5 Å². The number of hydrogen-bond donors (Lipinski definition) is 2. The van der Waals surface area contributed by atoms with Gasteiger partial charge in [-0.25, -0.2) is 0 Å². The number of nitrogens with zero attached hydrogens (tertiary/aromatic N) is 2. The maximum Gasteiger partial charge on any atom is 0.243 e. The highest BCUT2D eigenvalue weighted by molar-refractivity contribution is 5.95. The second kappa shape index (κ2) is 10.1. The molecule has 5 heteroatoms. The first kappa shape index (κ1) is 18.3. The van der Waals surface area contributed by atoms with E-state index in [4.69, 9.17) is 6.42 Å². The lowest BCUT2D eigenvalue weighted by molar-refractivity contribution is -0.115. The molecule has 1 rings (SSSR count). The van der Waals surface area contributed by atoms with Gasteiger partial charge in [-0.3, -0.25) is 9.79 Å². The van der Waals surface area contributed by atoms with Gasteiger partial charge in [-0.05, 0) is 31.0 Å². The Morgan fingerprint density at radius 2 is 2.30 bits per heavy atom. The van der Waals surface area contributed by atoms with Crippen molar-refractivity contribution in [3.63, 3.8) is 0 Å². The molecule has 0 fully saturated rings. The first-order valence-electron chi connectivity index (χ1n) is 7.50. The SMILES string of the molecule is C#Cc1cccc(NC(=O)CNC(=NC)N(C)CCCC=C)c1. The molecule has 0 saturated carbocycles. The van der Waals surface area contributed by atoms with Crippen LogP contribution in [0.5, 0.6) is 0 Å². The van der Waals surface area contributed by atoms with Crippen LogP contribution in [0, 0.1) is 12.3 Å². The van der Waals surface area contributed by atoms with Crippen LogP contribution in [0.2, 0.25) is 0 Å². The number of allylic oxidation sites excluding steroid dienone is 1. The average molecular weight is 312 g/mol. The van der Waals surface area contributed by atoms with Crippen molar-refractivity contribution in [1.29, 1.82) is 0 Å². The number of aliphatic imine (C=N–C) groups is 1. The van der Waals surface area contributed by atoms with E-state index in [1.807, 2.05) is 30.2 Å². The smallest absolute Gasteiger partial charge is 0.243 e. The predicted molar refractivity (Wildman–Crippen MR) is 96.4 cm³/mol. The van der Waals surface area contributed by atoms with Crippen molar-refractivity contribution in [3.8, 4) is 12.3 Å². The minimum absolute atomic E-state index is 0.138. The molecule has 23 heavy (non-hydrogen) atoms. The van der Waals surface area contributed by atoms with Crippen LogP contribution in [0.25, 0.3) is 0 Å². The zero-order valence-corrected chi connectivity index (χ0v) is 13.8. The number of carbonyl (C=O) groups is 1. The summed E-state index contributed by atoms with van der Waals surface area (Å²) in [5.74, 6) is 3.07. The molecule has 122 valence electrons. The van der Waals surface area contributed by atoms with Crippen LogP contribution in [-0.2, 0) is 4.79 Å². The van der Waals surface area contributed by atoms with Gasteiger partial charge in [0.05, 0.1) is 6.54 Å². The minimum Gasteiger partial charge on any atom is -0.347 e. The third-order valence-electron chi connectivity index (χ3n) is 3.20. The fourth-order valence-electron chi connectivity index (χ4n) is 2.01. The third kappa shape index (κ3) is 6.70. The molecule has 0 saturated heterocycles. The van der Waals surface area contributed by atoms with Gasteiger partial charge in [-0.15, -0.1) is 13.0 Å². The van der Waals surface area contributed by atoms with E-state index < -0.39 is 0 Å². The largest absolute Gasteiger partial charge is 0.347 e. The summed E-state index contributed by atoms with van der Waals surface area (Å²) in [6, 6.07) is 7.18. The molecule has 5 nitrogen and oxygen atoms in total. The van der Waals surface area contributed by atoms with E-state index in [9.17, 15) is 4.79 Å². The lowest BCUT2D eigenvalue weighted by Crippen LogP contribution is -2.42. The highest BCUT2D eigenvalue weighted by Crippen LogP contribution is 2.09. The van der Waals surface area contributed by atoms with Crippen molar-refractivity contribution >= 4 is 17.6 Å². The number of amides is 1. The summed E-state index contributed by atoms with van der Waals surface area (Å²) in [5, 5.41) is 5.85. The summed E-state index contributed by atoms with van der Waals surface area (Å²) in [6.45, 7) is 4.69. The van der Waals surface area contributed by atoms with Crippen molar-refractivity contribution in [2.75, 3.05) is 32.5 Å². The second-order valence-electron chi connectivity index (χ2n) is 5.03. The molecular weight excluding hydrogens is 288 g/mol. The van der Waals surface area contributed by atoms with Crippen LogP contribution < -0.4 is 10.6 Å². The fourth-order valence-corrected chi connectivity index (χ4v) is 2.01. The van der Waals surface area contributed by atoms with Crippen LogP contribution >= 0.6 is 0 Å². The van der Waals surface area contributed by atoms with Crippen LogP contribution in [0.15, 0.2) is 41.9 Å². The highest BCUT2D eigenvalue weighted by Gasteiger charge is 2.08. The molecule has 1 aromatic rings. The topological polar surface area (TPSA) is 56.7 Å². The molecule has 0 heterocycles. The minimum atomic E-state index is -0.153. The molecule has 0 radical (unpaired) electrons. The summed E-state index contributed by atoms with van der Waals surface area (Å²) in [4.78, 5) is 18.2. The van der Waals surface area contributed by atoms with Crippen molar-refractivity contribution < 1.29 is 4.79 Å². The number of hydrogen-bond acceptors (Lipinski definition) is 2. The standard InChI is InChI=1S/C18H24N4O/c1-5-7-8-12-22(4)18(19-3)20-14-17(23)21-16-11-9-10-15(6-2)13-16/h2,5,9-11,13H,1,7-8,12,14H2,3-4H3,(H,19,20)(H,21,23). The van der Waals surface area contributed by atoms with Gasteiger partial charge in [-0.2, -0.15) is 0 Å². The van der Waals surface area contributed by atoms with Crippen molar-refractivity contribution in [3.05, 3.63) is 42.5 Å². The van der Waals surface area contributed by atoms with E-state index in [2.05, 4.69) is 28.1 Å². The lowest BCUT2D eigenvalue weighted by Gasteiger charge is -2.21. The van der Waals surface area contributed by atoms with Crippen LogP contribution in [0.1, 0.15) is 18.4 Å². The Balaban J connectivity index is 2.47. The molecule has 0 aliphatic carbocycles. The Morgan fingerprint density at radius 1 is 1.52 bits per heavy atom. The first-order chi connectivity index (χ1) is 11.1. The van der Waals surface area contributed by atoms with Gasteiger partial charge in [0, 0.05) is 31.9 Å². The van der Waals surface area contributed by atoms with Crippen LogP contribution in [0.3, 0.4) is 0 Å². The number of guanidine groups is 1. The van der Waals surface area contributed by atoms with Gasteiger partial charge in [0.2, 0.25) is 5.91 Å². The van der Waals surface area contributed by atoms with E-state index in [1.165, 1.54) is 0 Å². The Bertz CT molecular complexity index is 601. The van der Waals surface area contributed by atoms with Gasteiger partial charge in [0.1, 0.15) is 0 Å². The molecule has 0 unspecified atom stereocenters. The molecule has 1 amide bonds. The van der Waals surface area contributed by atoms with Crippen molar-refractivity contribution in [1.82, 2.24) is 10.2 Å². The molecule has 2 N–H and O–H groups in total. The third-order valence-corrected chi connectivity index (χ3v) is 3.20. The van der Waals surface area contributed by atoms with E-state index >= 15 is 0 Å². The van der Waals surface area contributed by atoms with Gasteiger partial charge in [-0.1, -0.05) is 18.1 Å². The monoisotopic (exact) mass is 312 g/mol. The number of carbonyl (C=O) groups excluding carboxylic acids is 1. The Morgan fingerprint density at radius 3 is 2.96 bits per heavy atom. The number of unbranched alkanes of at least 4 members (excludes halogenated alkanes) is 1. The molecule has 0 bridgehead atoms. The maximum atomic E-state index is 12.0. The number of nitrogens with one attached hydrogen (secondary N) is 2. The number of terminal acetylenes is 1. The molecular formula is C18H24N4O. The maximum absolute atomic E-state index is 12.0. The lowest BCUT2D eigenvalue weighted by atomic mass is 10.2. The van der Waals surface area contributed by atoms with Crippen LogP contribution in [0.4, 0.5) is 5.69 Å². The molecule has 0 aliphatic rings. The van der Waals surface area contributed by atoms with E-state index in [0.717, 1.165) is 24.9 Å². The Hall–Kier alpha value is -2.74. The quantitative estimate of drug-likeness (QED) is 0.266. The molecule has 1 aromatic carbocycles. The Labute approximate surface area is 138 Å². The first-order valence-corrected chi connectivity index (χ1v) is 7.50. The van der Waals surface area contributed by atoms with Gasteiger partial charge < -0.3 is 15.5 Å². The summed E-state index contributed by atoms with van der Waals surface area (Å²) in [7, 11) is 3.63. The summed E-state index contributed by atoms with van der Waals surface area (Å²) in [6.07, 6.45) is 9.18. The summed E-state index contributed by atoms with van der Waals surface area (Å²) in [5.41, 5.74) is 1.41. The molecule has 0 aliphatic heterocycles. The van der Waals surface area contributed by atoms with Gasteiger partial charge in [0.15, 0.2) is 5.96 Å². The van der Waals surface area contributed by atoms with Gasteiger partial charge in [0.25, 0.3) is 0 Å². The van der Waals surface area contributed by atoms with E-state index in [1.54, 1.807) is 19.2 Å². The normalized spacial score (nSPS) is 10.6. The van der Waals surface area contributed by atoms with Crippen LogP contribution in [-0.4, -0.2) is 44.0 Å². The second-order valence-corrected chi connectivity index (χ2v) is 5.03. The molecule has 0 aromatic heterocycles. The summed E-state index contributed by atoms with van der Waals surface area (Å²) < 4.78 is 0. The van der Waals surface area contributed by atoms with Crippen molar-refractivity contribution in [2.24, 2.45) is 4.99 Å². The van der Waals surface area contributed by atoms with E-state index in [0.29, 0.717) is 11.6 Å². The molecule has 0 atom stereocenters. The zero-order chi connectivity index (χ0) is 17.1. The fraction of sp³-hybridized carbons (Fsp3) is 0.333. The van der Waals surface area contributed by atoms with Crippen molar-refractivity contribution in [2.45, 2.75) is 12.8 Å². The van der Waals surface area contributed by atoms with Gasteiger partial charge >= 0.3 is 0 Å². The Kier molecular flexibility index (Phi) is 8.01. The summed E-state index contributed by atoms with van der Waals surface area (Å²) >= 11 is 0. The number of anilines is 1.